The summed E-state index contributed by atoms with van der Waals surface area (Å²) in [4.78, 5) is 11.6. The third-order valence-electron chi connectivity index (χ3n) is 2.11. The monoisotopic (exact) mass is 209 g/mol. The lowest BCUT2D eigenvalue weighted by molar-refractivity contribution is 0.574. The van der Waals surface area contributed by atoms with Crippen LogP contribution in [0.2, 0.25) is 5.15 Å². The van der Waals surface area contributed by atoms with E-state index in [1.165, 1.54) is 0 Å². The predicted molar refractivity (Wildman–Crippen MR) is 57.6 cm³/mol. The van der Waals surface area contributed by atoms with E-state index < -0.39 is 0 Å². The molecule has 2 rings (SSSR count). The first-order valence-corrected chi connectivity index (χ1v) is 4.86. The Hall–Kier alpha value is -1.09. The summed E-state index contributed by atoms with van der Waals surface area (Å²) in [6.07, 6.45) is 1.56. The molecular weight excluding hydrogens is 198 g/mol. The summed E-state index contributed by atoms with van der Waals surface area (Å²) in [6.45, 7) is 6.41. The van der Waals surface area contributed by atoms with Gasteiger partial charge < -0.3 is 4.98 Å². The van der Waals surface area contributed by atoms with Crippen molar-refractivity contribution in [1.82, 2.24) is 15.0 Å². The lowest BCUT2D eigenvalue weighted by atomic mass is 9.93. The molecular formula is C10H12ClN3. The molecule has 0 aliphatic carbocycles. The van der Waals surface area contributed by atoms with Gasteiger partial charge >= 0.3 is 0 Å². The predicted octanol–water partition coefficient (Wildman–Crippen LogP) is 2.91. The van der Waals surface area contributed by atoms with E-state index >= 15 is 0 Å². The van der Waals surface area contributed by atoms with Gasteiger partial charge in [0.1, 0.15) is 10.7 Å². The molecule has 4 heteroatoms. The number of nitrogens with one attached hydrogen (secondary N) is 1. The van der Waals surface area contributed by atoms with E-state index in [1.807, 2.05) is 6.07 Å². The molecule has 0 radical (unpaired) electrons. The minimum atomic E-state index is 0.0782. The van der Waals surface area contributed by atoms with Crippen molar-refractivity contribution < 1.29 is 0 Å². The van der Waals surface area contributed by atoms with Crippen LogP contribution in [0, 0.1) is 0 Å². The maximum Gasteiger partial charge on any atom is 0.158 e. The van der Waals surface area contributed by atoms with Gasteiger partial charge in [0.2, 0.25) is 0 Å². The second-order valence-corrected chi connectivity index (χ2v) is 4.75. The molecule has 0 saturated heterocycles. The molecule has 1 N–H and O–H groups in total. The molecule has 2 aromatic heterocycles. The number of aromatic amines is 1. The fourth-order valence-electron chi connectivity index (χ4n) is 1.28. The summed E-state index contributed by atoms with van der Waals surface area (Å²) >= 11 is 5.75. The van der Waals surface area contributed by atoms with Crippen molar-refractivity contribution in [3.8, 4) is 0 Å². The number of nitrogens with zero attached hydrogens (tertiary/aromatic N) is 2. The van der Waals surface area contributed by atoms with Gasteiger partial charge in [0.05, 0.1) is 6.20 Å². The topological polar surface area (TPSA) is 41.6 Å². The minimum Gasteiger partial charge on any atom is -0.341 e. The van der Waals surface area contributed by atoms with Crippen molar-refractivity contribution in [1.29, 1.82) is 0 Å². The lowest BCUT2D eigenvalue weighted by Gasteiger charge is -2.15. The first kappa shape index (κ1) is 9.46. The van der Waals surface area contributed by atoms with E-state index in [-0.39, 0.29) is 5.41 Å². The van der Waals surface area contributed by atoms with Crippen molar-refractivity contribution in [2.24, 2.45) is 0 Å². The molecule has 0 atom stereocenters. The van der Waals surface area contributed by atoms with E-state index in [1.54, 1.807) is 6.20 Å². The van der Waals surface area contributed by atoms with Crippen LogP contribution in [0.1, 0.15) is 26.5 Å². The van der Waals surface area contributed by atoms with Crippen LogP contribution in [0.25, 0.3) is 11.2 Å². The van der Waals surface area contributed by atoms with E-state index in [9.17, 15) is 0 Å². The average Bonchev–Trinajstić information content (AvgIpc) is 2.45. The second kappa shape index (κ2) is 2.95. The van der Waals surface area contributed by atoms with Crippen molar-refractivity contribution in [2.75, 3.05) is 0 Å². The zero-order valence-corrected chi connectivity index (χ0v) is 9.18. The first-order valence-electron chi connectivity index (χ1n) is 4.48. The molecule has 0 fully saturated rings. The van der Waals surface area contributed by atoms with Gasteiger partial charge in [0.25, 0.3) is 0 Å². The van der Waals surface area contributed by atoms with Crippen molar-refractivity contribution in [3.63, 3.8) is 0 Å². The molecule has 0 saturated carbocycles. The SMILES string of the molecule is CC(C)(C)c1cc2ncc(Cl)nc2[nH]1. The van der Waals surface area contributed by atoms with Crippen LogP contribution in [0.3, 0.4) is 0 Å². The van der Waals surface area contributed by atoms with Crippen molar-refractivity contribution >= 4 is 22.8 Å². The molecule has 0 spiro atoms. The van der Waals surface area contributed by atoms with Crippen LogP contribution < -0.4 is 0 Å². The molecule has 2 aromatic rings. The first-order chi connectivity index (χ1) is 6.47. The molecule has 74 valence electrons. The highest BCUT2D eigenvalue weighted by Gasteiger charge is 2.17. The Bertz CT molecular complexity index is 468. The Kier molecular flexibility index (Phi) is 2.00. The summed E-state index contributed by atoms with van der Waals surface area (Å²) in [5, 5.41) is 0.416. The third-order valence-corrected chi connectivity index (χ3v) is 2.30. The maximum absolute atomic E-state index is 5.75. The quantitative estimate of drug-likeness (QED) is 0.725. The van der Waals surface area contributed by atoms with Gasteiger partial charge in [-0.15, -0.1) is 0 Å². The molecule has 3 nitrogen and oxygen atoms in total. The Labute approximate surface area is 87.5 Å². The Morgan fingerprint density at radius 2 is 2.07 bits per heavy atom. The van der Waals surface area contributed by atoms with Crippen molar-refractivity contribution in [3.05, 3.63) is 23.1 Å². The lowest BCUT2D eigenvalue weighted by Crippen LogP contribution is -2.11. The zero-order chi connectivity index (χ0) is 10.3. The number of rotatable bonds is 0. The molecule has 0 aliphatic heterocycles. The average molecular weight is 210 g/mol. The number of hydrogen-bond acceptors (Lipinski definition) is 2. The van der Waals surface area contributed by atoms with E-state index in [0.717, 1.165) is 16.9 Å². The normalized spacial score (nSPS) is 12.3. The number of aromatic nitrogens is 3. The second-order valence-electron chi connectivity index (χ2n) is 4.36. The number of H-pyrrole nitrogens is 1. The van der Waals surface area contributed by atoms with E-state index in [2.05, 4.69) is 35.7 Å². The summed E-state index contributed by atoms with van der Waals surface area (Å²) in [5.74, 6) is 0. The van der Waals surface area contributed by atoms with Gasteiger partial charge in [-0.1, -0.05) is 32.4 Å². The number of hydrogen-bond donors (Lipinski definition) is 1. The highest BCUT2D eigenvalue weighted by Crippen LogP contribution is 2.24. The zero-order valence-electron chi connectivity index (χ0n) is 8.43. The van der Waals surface area contributed by atoms with E-state index in [4.69, 9.17) is 11.6 Å². The highest BCUT2D eigenvalue weighted by molar-refractivity contribution is 6.29. The summed E-state index contributed by atoms with van der Waals surface area (Å²) in [5.41, 5.74) is 2.81. The smallest absolute Gasteiger partial charge is 0.158 e. The van der Waals surface area contributed by atoms with Gasteiger partial charge in [0, 0.05) is 11.1 Å². The molecule has 14 heavy (non-hydrogen) atoms. The van der Waals surface area contributed by atoms with Crippen LogP contribution in [-0.2, 0) is 5.41 Å². The van der Waals surface area contributed by atoms with Gasteiger partial charge in [-0.2, -0.15) is 0 Å². The molecule has 0 amide bonds. The summed E-state index contributed by atoms with van der Waals surface area (Å²) in [6, 6.07) is 2.01. The maximum atomic E-state index is 5.75. The molecule has 0 bridgehead atoms. The largest absolute Gasteiger partial charge is 0.341 e. The third kappa shape index (κ3) is 1.60. The summed E-state index contributed by atoms with van der Waals surface area (Å²) in [7, 11) is 0. The standard InChI is InChI=1S/C10H12ClN3/c1-10(2,3)7-4-6-9(13-7)14-8(11)5-12-6/h4-5H,1-3H3,(H,13,14). The van der Waals surface area contributed by atoms with Gasteiger partial charge in [0.15, 0.2) is 5.65 Å². The molecule has 0 aliphatic rings. The van der Waals surface area contributed by atoms with Crippen LogP contribution in [0.15, 0.2) is 12.3 Å². The van der Waals surface area contributed by atoms with Crippen LogP contribution >= 0.6 is 11.6 Å². The van der Waals surface area contributed by atoms with Crippen LogP contribution in [0.4, 0.5) is 0 Å². The Morgan fingerprint density at radius 1 is 1.36 bits per heavy atom. The van der Waals surface area contributed by atoms with Crippen LogP contribution in [0.5, 0.6) is 0 Å². The molecule has 2 heterocycles. The van der Waals surface area contributed by atoms with Gasteiger partial charge in [-0.3, -0.25) is 0 Å². The minimum absolute atomic E-state index is 0.0782. The van der Waals surface area contributed by atoms with Gasteiger partial charge in [-0.25, -0.2) is 9.97 Å². The van der Waals surface area contributed by atoms with Crippen LogP contribution in [-0.4, -0.2) is 15.0 Å². The Morgan fingerprint density at radius 3 is 2.71 bits per heavy atom. The number of fused-ring (bicyclic) bond motifs is 1. The molecule has 0 aromatic carbocycles. The van der Waals surface area contributed by atoms with Gasteiger partial charge in [-0.05, 0) is 6.07 Å². The van der Waals surface area contributed by atoms with E-state index in [0.29, 0.717) is 5.15 Å². The highest BCUT2D eigenvalue weighted by atomic mass is 35.5. The number of halogens is 1. The fraction of sp³-hybridized carbons (Fsp3) is 0.400. The molecule has 0 unspecified atom stereocenters. The summed E-state index contributed by atoms with van der Waals surface area (Å²) < 4.78 is 0. The fourth-order valence-corrected chi connectivity index (χ4v) is 1.41. The Balaban J connectivity index is 2.63. The van der Waals surface area contributed by atoms with Crippen molar-refractivity contribution in [2.45, 2.75) is 26.2 Å².